The Hall–Kier alpha value is -3.84. The van der Waals surface area contributed by atoms with Crippen LogP contribution in [-0.2, 0) is 19.1 Å². The monoisotopic (exact) mass is 734 g/mol. The molecule has 1 N–H and O–H groups in total. The second-order valence-corrected chi connectivity index (χ2v) is 16.3. The van der Waals surface area contributed by atoms with Gasteiger partial charge in [-0.1, -0.05) is 52.0 Å². The highest BCUT2D eigenvalue weighted by Crippen LogP contribution is 2.40. The van der Waals surface area contributed by atoms with Crippen LogP contribution >= 0.6 is 0 Å². The number of nitro benzene ring substituents is 1. The Morgan fingerprint density at radius 3 is 1.60 bits per heavy atom. The molecule has 3 heterocycles. The van der Waals surface area contributed by atoms with Crippen LogP contribution in [0.5, 0.6) is 0 Å². The van der Waals surface area contributed by atoms with Gasteiger partial charge in [0.2, 0.25) is 0 Å². The third kappa shape index (κ3) is 12.1. The van der Waals surface area contributed by atoms with Gasteiger partial charge in [0, 0.05) is 102 Å². The molecule has 53 heavy (non-hydrogen) atoms. The highest BCUT2D eigenvalue weighted by molar-refractivity contribution is 6.00. The minimum Gasteiger partial charge on any atom is -0.462 e. The zero-order valence-corrected chi connectivity index (χ0v) is 33.0. The molecule has 0 aromatic heterocycles. The molecular weight excluding hydrogens is 672 g/mol. The van der Waals surface area contributed by atoms with Crippen LogP contribution in [-0.4, -0.2) is 128 Å². The summed E-state index contributed by atoms with van der Waals surface area (Å²) in [7, 11) is 0. The largest absolute Gasteiger partial charge is 0.462 e. The highest BCUT2D eigenvalue weighted by Gasteiger charge is 2.39. The lowest BCUT2D eigenvalue weighted by atomic mass is 9.80. The van der Waals surface area contributed by atoms with Crippen LogP contribution in [0.3, 0.4) is 0 Å². The molecule has 0 spiro atoms. The number of benzene rings is 1. The first-order valence-electron chi connectivity index (χ1n) is 19.0. The molecule has 12 nitrogen and oxygen atoms in total. The number of esters is 2. The summed E-state index contributed by atoms with van der Waals surface area (Å²) in [5.41, 5.74) is 1.67. The van der Waals surface area contributed by atoms with Crippen LogP contribution in [0.4, 0.5) is 5.69 Å². The molecule has 0 saturated carbocycles. The normalized spacial score (nSPS) is 18.8. The van der Waals surface area contributed by atoms with Gasteiger partial charge in [-0.2, -0.15) is 0 Å². The van der Waals surface area contributed by atoms with E-state index < -0.39 is 22.8 Å². The van der Waals surface area contributed by atoms with Crippen molar-refractivity contribution in [3.05, 3.63) is 87.8 Å². The predicted octanol–water partition coefficient (Wildman–Crippen LogP) is 5.36. The van der Waals surface area contributed by atoms with Crippen molar-refractivity contribution in [2.24, 2.45) is 10.8 Å². The maximum absolute atomic E-state index is 14.0. The fraction of sp³-hybridized carbons (Fsp3) is 0.610. The molecule has 0 amide bonds. The Bertz CT molecular complexity index is 1450. The first-order chi connectivity index (χ1) is 25.1. The molecule has 0 aliphatic carbocycles. The van der Waals surface area contributed by atoms with Gasteiger partial charge in [0.15, 0.2) is 0 Å². The maximum atomic E-state index is 14.0. The van der Waals surface area contributed by atoms with Crippen molar-refractivity contribution in [2.75, 3.05) is 91.8 Å². The standard InChI is InChI=1S/C41H62N6O6/c1-9-16-43-18-22-45(23-19-43)29-40(5,6)14-26-52-38(48)35-31(3)42-32(4)36(37(35)33-12-11-13-34(28-33)47(50)51)39(49)53-27-15-41(7,8)30-46-24-20-44(17-10-2)21-25-46/h9-13,28,37,42H,1-2,14-27,29-30H2,3-8H3. The highest BCUT2D eigenvalue weighted by atomic mass is 16.6. The molecule has 0 bridgehead atoms. The van der Waals surface area contributed by atoms with E-state index in [4.69, 9.17) is 9.47 Å². The number of piperazine rings is 2. The van der Waals surface area contributed by atoms with Crippen molar-refractivity contribution >= 4 is 17.6 Å². The lowest BCUT2D eigenvalue weighted by Crippen LogP contribution is -2.49. The quantitative estimate of drug-likeness (QED) is 0.0909. The smallest absolute Gasteiger partial charge is 0.336 e. The molecule has 3 aliphatic rings. The number of dihydropyridines is 1. The maximum Gasteiger partial charge on any atom is 0.336 e. The van der Waals surface area contributed by atoms with E-state index in [2.05, 4.69) is 65.8 Å². The summed E-state index contributed by atoms with van der Waals surface area (Å²) in [6, 6.07) is 6.11. The van der Waals surface area contributed by atoms with Gasteiger partial charge in [-0.3, -0.25) is 19.9 Å². The number of carbonyl (C=O) groups excluding carboxylic acids is 2. The average Bonchev–Trinajstić information content (AvgIpc) is 3.09. The van der Waals surface area contributed by atoms with Crippen molar-refractivity contribution < 1.29 is 24.0 Å². The van der Waals surface area contributed by atoms with E-state index in [1.165, 1.54) is 12.1 Å². The number of rotatable bonds is 18. The van der Waals surface area contributed by atoms with Crippen LogP contribution in [0, 0.1) is 20.9 Å². The molecule has 3 aliphatic heterocycles. The van der Waals surface area contributed by atoms with Crippen LogP contribution in [0.2, 0.25) is 0 Å². The molecular formula is C41H62N6O6. The first kappa shape index (κ1) is 41.9. The van der Waals surface area contributed by atoms with Crippen LogP contribution in [0.15, 0.2) is 72.1 Å². The number of non-ortho nitro benzene ring substituents is 1. The lowest BCUT2D eigenvalue weighted by Gasteiger charge is -2.38. The number of carbonyl (C=O) groups is 2. The van der Waals surface area contributed by atoms with Gasteiger partial charge in [-0.25, -0.2) is 9.59 Å². The first-order valence-corrected chi connectivity index (χ1v) is 19.0. The van der Waals surface area contributed by atoms with E-state index in [-0.39, 0.29) is 40.9 Å². The summed E-state index contributed by atoms with van der Waals surface area (Å²) < 4.78 is 11.9. The number of nitrogens with zero attached hydrogens (tertiary/aromatic N) is 5. The Balaban J connectivity index is 1.44. The van der Waals surface area contributed by atoms with Crippen molar-refractivity contribution in [1.82, 2.24) is 24.9 Å². The minimum atomic E-state index is -0.907. The summed E-state index contributed by atoms with van der Waals surface area (Å²) in [4.78, 5) is 49.0. The van der Waals surface area contributed by atoms with E-state index in [9.17, 15) is 19.7 Å². The molecule has 0 unspecified atom stereocenters. The van der Waals surface area contributed by atoms with Crippen LogP contribution < -0.4 is 5.32 Å². The van der Waals surface area contributed by atoms with E-state index in [1.54, 1.807) is 26.0 Å². The molecule has 2 saturated heterocycles. The third-order valence-electron chi connectivity index (χ3n) is 10.6. The van der Waals surface area contributed by atoms with Crippen molar-refractivity contribution in [2.45, 2.75) is 60.3 Å². The van der Waals surface area contributed by atoms with Crippen LogP contribution in [0.25, 0.3) is 0 Å². The number of allylic oxidation sites excluding steroid dienone is 2. The van der Waals surface area contributed by atoms with Gasteiger partial charge >= 0.3 is 11.9 Å². The van der Waals surface area contributed by atoms with Gasteiger partial charge in [-0.05, 0) is 43.1 Å². The molecule has 2 fully saturated rings. The zero-order chi connectivity index (χ0) is 38.8. The van der Waals surface area contributed by atoms with Gasteiger partial charge in [0.1, 0.15) is 0 Å². The minimum absolute atomic E-state index is 0.104. The summed E-state index contributed by atoms with van der Waals surface area (Å²) in [5, 5.41) is 15.0. The van der Waals surface area contributed by atoms with Gasteiger partial charge < -0.3 is 24.6 Å². The lowest BCUT2D eigenvalue weighted by molar-refractivity contribution is -0.384. The summed E-state index contributed by atoms with van der Waals surface area (Å²) >= 11 is 0. The molecule has 0 radical (unpaired) electrons. The molecule has 1 aromatic carbocycles. The topological polar surface area (TPSA) is 121 Å². The summed E-state index contributed by atoms with van der Waals surface area (Å²) in [5.74, 6) is -2.03. The fourth-order valence-electron chi connectivity index (χ4n) is 7.68. The van der Waals surface area contributed by atoms with Gasteiger partial charge in [0.05, 0.1) is 35.2 Å². The summed E-state index contributed by atoms with van der Waals surface area (Å²) in [6.07, 6.45) is 5.18. The zero-order valence-electron chi connectivity index (χ0n) is 33.0. The fourth-order valence-corrected chi connectivity index (χ4v) is 7.68. The molecule has 0 atom stereocenters. The predicted molar refractivity (Wildman–Crippen MR) is 209 cm³/mol. The number of nitrogens with one attached hydrogen (secondary N) is 1. The molecule has 292 valence electrons. The SMILES string of the molecule is C=CCN1CCN(CC(C)(C)CCOC(=O)C2=C(C)NC(C)=C(C(=O)OCCC(C)(C)CN3CCN(CC=C)CC3)C2c2cccc([N+](=O)[O-])c2)CC1. The van der Waals surface area contributed by atoms with Crippen molar-refractivity contribution in [3.63, 3.8) is 0 Å². The van der Waals surface area contributed by atoms with E-state index >= 15 is 0 Å². The van der Waals surface area contributed by atoms with E-state index in [1.807, 2.05) is 12.2 Å². The van der Waals surface area contributed by atoms with Gasteiger partial charge in [-0.15, -0.1) is 13.2 Å². The van der Waals surface area contributed by atoms with Crippen molar-refractivity contribution in [1.29, 1.82) is 0 Å². The molecule has 4 rings (SSSR count). The number of ether oxygens (including phenoxy) is 2. The Labute approximate surface area is 316 Å². The molecule has 12 heteroatoms. The van der Waals surface area contributed by atoms with Crippen LogP contribution in [0.1, 0.15) is 65.9 Å². The van der Waals surface area contributed by atoms with Gasteiger partial charge in [0.25, 0.3) is 5.69 Å². The number of hydrogen-bond acceptors (Lipinski definition) is 11. The van der Waals surface area contributed by atoms with E-state index in [0.717, 1.165) is 78.5 Å². The van der Waals surface area contributed by atoms with E-state index in [0.29, 0.717) is 29.8 Å². The second-order valence-electron chi connectivity index (χ2n) is 16.3. The third-order valence-corrected chi connectivity index (χ3v) is 10.6. The molecule has 1 aromatic rings. The Kier molecular flexibility index (Phi) is 15.0. The summed E-state index contributed by atoms with van der Waals surface area (Å²) in [6.45, 7) is 31.8. The number of hydrogen-bond donors (Lipinski definition) is 1. The number of nitro groups is 1. The Morgan fingerprint density at radius 2 is 1.21 bits per heavy atom. The van der Waals surface area contributed by atoms with Crippen molar-refractivity contribution in [3.8, 4) is 0 Å². The second kappa shape index (κ2) is 19.0. The average molecular weight is 735 g/mol. The Morgan fingerprint density at radius 1 is 0.792 bits per heavy atom.